The van der Waals surface area contributed by atoms with Crippen molar-refractivity contribution in [3.8, 4) is 0 Å². The first-order valence-corrected chi connectivity index (χ1v) is 8.30. The molecule has 3 N–H and O–H groups in total. The number of nitrogens with two attached hydrogens (primary N) is 1. The fraction of sp³-hybridized carbons (Fsp3) is 0.933. The first kappa shape index (κ1) is 16.5. The zero-order valence-electron chi connectivity index (χ0n) is 13.2. The van der Waals surface area contributed by atoms with Crippen LogP contribution in [0.3, 0.4) is 0 Å². The minimum atomic E-state index is 0.0732. The van der Waals surface area contributed by atoms with E-state index in [1.165, 1.54) is 25.7 Å². The number of nitrogens with zero attached hydrogens (tertiary/aromatic N) is 3. The molecule has 0 amide bonds. The number of ether oxygens (including phenoxy) is 1. The van der Waals surface area contributed by atoms with Crippen LogP contribution in [0.5, 0.6) is 0 Å². The van der Waals surface area contributed by atoms with Gasteiger partial charge in [-0.05, 0) is 38.6 Å². The Kier molecular flexibility index (Phi) is 6.73. The number of oxime groups is 1. The number of hydrogen-bond donors (Lipinski definition) is 2. The second-order valence-electron chi connectivity index (χ2n) is 6.10. The first-order valence-electron chi connectivity index (χ1n) is 8.30. The van der Waals surface area contributed by atoms with Crippen LogP contribution in [0.2, 0.25) is 0 Å². The molecule has 6 nitrogen and oxygen atoms in total. The highest BCUT2D eigenvalue weighted by atomic mass is 16.5. The monoisotopic (exact) mass is 298 g/mol. The van der Waals surface area contributed by atoms with Gasteiger partial charge >= 0.3 is 0 Å². The van der Waals surface area contributed by atoms with Gasteiger partial charge in [-0.15, -0.1) is 0 Å². The molecule has 2 heterocycles. The average molecular weight is 298 g/mol. The van der Waals surface area contributed by atoms with E-state index in [1.54, 1.807) is 0 Å². The number of amidine groups is 1. The van der Waals surface area contributed by atoms with E-state index in [1.807, 2.05) is 0 Å². The summed E-state index contributed by atoms with van der Waals surface area (Å²) in [5.74, 6) is 0.337. The van der Waals surface area contributed by atoms with Gasteiger partial charge in [0.2, 0.25) is 0 Å². The highest BCUT2D eigenvalue weighted by molar-refractivity contribution is 5.85. The minimum Gasteiger partial charge on any atom is -0.409 e. The van der Waals surface area contributed by atoms with Gasteiger partial charge in [0, 0.05) is 32.8 Å². The third-order valence-electron chi connectivity index (χ3n) is 4.72. The third kappa shape index (κ3) is 4.83. The summed E-state index contributed by atoms with van der Waals surface area (Å²) in [5, 5.41) is 12.0. The average Bonchev–Trinajstić information content (AvgIpc) is 3.02. The van der Waals surface area contributed by atoms with Gasteiger partial charge in [0.15, 0.2) is 5.84 Å². The van der Waals surface area contributed by atoms with Gasteiger partial charge in [-0.1, -0.05) is 12.1 Å². The van der Waals surface area contributed by atoms with Crippen molar-refractivity contribution in [1.82, 2.24) is 9.80 Å². The van der Waals surface area contributed by atoms with Crippen LogP contribution in [0, 0.1) is 0 Å². The molecular weight excluding hydrogens is 268 g/mol. The molecule has 0 spiro atoms. The Labute approximate surface area is 127 Å². The molecule has 2 rings (SSSR count). The Morgan fingerprint density at radius 2 is 2.14 bits per heavy atom. The van der Waals surface area contributed by atoms with Crippen LogP contribution in [-0.2, 0) is 4.74 Å². The van der Waals surface area contributed by atoms with Crippen LogP contribution < -0.4 is 5.73 Å². The second-order valence-corrected chi connectivity index (χ2v) is 6.10. The van der Waals surface area contributed by atoms with Crippen LogP contribution in [-0.4, -0.2) is 72.3 Å². The molecule has 21 heavy (non-hydrogen) atoms. The van der Waals surface area contributed by atoms with Crippen molar-refractivity contribution < 1.29 is 9.94 Å². The quantitative estimate of drug-likeness (QED) is 0.318. The van der Waals surface area contributed by atoms with Crippen LogP contribution in [0.15, 0.2) is 5.16 Å². The molecule has 0 aromatic rings. The molecule has 2 aliphatic rings. The summed E-state index contributed by atoms with van der Waals surface area (Å²) in [6.45, 7) is 8.32. The maximum atomic E-state index is 8.85. The summed E-state index contributed by atoms with van der Waals surface area (Å²) in [6.07, 6.45) is 6.29. The fourth-order valence-electron chi connectivity index (χ4n) is 3.43. The molecule has 122 valence electrons. The Bertz CT molecular complexity index is 324. The van der Waals surface area contributed by atoms with Gasteiger partial charge in [0.25, 0.3) is 0 Å². The van der Waals surface area contributed by atoms with Gasteiger partial charge < -0.3 is 20.6 Å². The molecular formula is C15H30N4O2. The number of piperazine rings is 1. The normalized spacial score (nSPS) is 27.1. The van der Waals surface area contributed by atoms with Crippen molar-refractivity contribution in [2.24, 2.45) is 10.9 Å². The number of hydrogen-bond acceptors (Lipinski definition) is 5. The Hall–Kier alpha value is -0.850. The van der Waals surface area contributed by atoms with E-state index in [-0.39, 0.29) is 6.04 Å². The Balaban J connectivity index is 1.65. The largest absolute Gasteiger partial charge is 0.409 e. The Morgan fingerprint density at radius 3 is 2.71 bits per heavy atom. The lowest BCUT2D eigenvalue weighted by atomic mass is 10.1. The van der Waals surface area contributed by atoms with E-state index in [0.717, 1.165) is 45.8 Å². The fourth-order valence-corrected chi connectivity index (χ4v) is 3.43. The summed E-state index contributed by atoms with van der Waals surface area (Å²) < 4.78 is 5.67. The molecule has 2 unspecified atom stereocenters. The van der Waals surface area contributed by atoms with Gasteiger partial charge in [0.1, 0.15) is 0 Å². The summed E-state index contributed by atoms with van der Waals surface area (Å²) in [4.78, 5) is 4.84. The van der Waals surface area contributed by atoms with Crippen LogP contribution in [0.4, 0.5) is 0 Å². The zero-order chi connectivity index (χ0) is 15.1. The topological polar surface area (TPSA) is 74.3 Å². The summed E-state index contributed by atoms with van der Waals surface area (Å²) in [7, 11) is 0. The lowest BCUT2D eigenvalue weighted by molar-refractivity contribution is 0.0878. The molecule has 0 saturated carbocycles. The highest BCUT2D eigenvalue weighted by Crippen LogP contribution is 2.17. The van der Waals surface area contributed by atoms with Crippen molar-refractivity contribution in [2.45, 2.75) is 51.2 Å². The minimum absolute atomic E-state index is 0.0732. The SMILES string of the molecule is CCC(C(N)=NO)N1CCN(CCCC2CCCO2)CC1. The van der Waals surface area contributed by atoms with E-state index in [0.29, 0.717) is 11.9 Å². The maximum absolute atomic E-state index is 8.85. The molecule has 2 fully saturated rings. The molecule has 0 aromatic carbocycles. The molecule has 2 aliphatic heterocycles. The van der Waals surface area contributed by atoms with Crippen molar-refractivity contribution >= 4 is 5.84 Å². The maximum Gasteiger partial charge on any atom is 0.156 e. The van der Waals surface area contributed by atoms with Gasteiger partial charge in [-0.2, -0.15) is 0 Å². The van der Waals surface area contributed by atoms with E-state index in [9.17, 15) is 0 Å². The van der Waals surface area contributed by atoms with E-state index >= 15 is 0 Å². The van der Waals surface area contributed by atoms with Crippen molar-refractivity contribution in [2.75, 3.05) is 39.3 Å². The smallest absolute Gasteiger partial charge is 0.156 e. The van der Waals surface area contributed by atoms with Crippen LogP contribution >= 0.6 is 0 Å². The van der Waals surface area contributed by atoms with E-state index < -0.39 is 0 Å². The second kappa shape index (κ2) is 8.56. The van der Waals surface area contributed by atoms with Crippen molar-refractivity contribution in [3.05, 3.63) is 0 Å². The van der Waals surface area contributed by atoms with Crippen LogP contribution in [0.1, 0.15) is 39.0 Å². The van der Waals surface area contributed by atoms with E-state index in [4.69, 9.17) is 15.7 Å². The Morgan fingerprint density at radius 1 is 1.38 bits per heavy atom. The molecule has 2 saturated heterocycles. The summed E-state index contributed by atoms with van der Waals surface area (Å²) >= 11 is 0. The molecule has 6 heteroatoms. The summed E-state index contributed by atoms with van der Waals surface area (Å²) in [6, 6.07) is 0.0732. The predicted octanol–water partition coefficient (Wildman–Crippen LogP) is 1.09. The standard InChI is InChI=1S/C15H30N4O2/c1-2-14(15(16)17-20)19-10-8-18(9-11-19)7-3-5-13-6-4-12-21-13/h13-14,20H,2-12H2,1H3,(H2,16,17). The molecule has 0 bridgehead atoms. The van der Waals surface area contributed by atoms with Gasteiger partial charge in [-0.3, -0.25) is 4.90 Å². The lowest BCUT2D eigenvalue weighted by Crippen LogP contribution is -2.54. The molecule has 2 atom stereocenters. The highest BCUT2D eigenvalue weighted by Gasteiger charge is 2.25. The molecule has 0 aromatic heterocycles. The zero-order valence-corrected chi connectivity index (χ0v) is 13.2. The third-order valence-corrected chi connectivity index (χ3v) is 4.72. The predicted molar refractivity (Wildman–Crippen MR) is 83.7 cm³/mol. The van der Waals surface area contributed by atoms with Crippen LogP contribution in [0.25, 0.3) is 0 Å². The van der Waals surface area contributed by atoms with Gasteiger partial charge in [0.05, 0.1) is 12.1 Å². The molecule has 0 radical (unpaired) electrons. The van der Waals surface area contributed by atoms with Gasteiger partial charge in [-0.25, -0.2) is 0 Å². The van der Waals surface area contributed by atoms with E-state index in [2.05, 4.69) is 21.9 Å². The van der Waals surface area contributed by atoms with Crippen molar-refractivity contribution in [3.63, 3.8) is 0 Å². The first-order chi connectivity index (χ1) is 10.2. The summed E-state index contributed by atoms with van der Waals surface area (Å²) in [5.41, 5.74) is 5.77. The van der Waals surface area contributed by atoms with Crippen molar-refractivity contribution in [1.29, 1.82) is 0 Å². The molecule has 0 aliphatic carbocycles. The number of rotatable bonds is 7. The lowest BCUT2D eigenvalue weighted by Gasteiger charge is -2.38.